The molecule has 4 aromatic rings. The van der Waals surface area contributed by atoms with E-state index in [1.807, 2.05) is 0 Å². The summed E-state index contributed by atoms with van der Waals surface area (Å²) in [6.45, 7) is 4.93. The van der Waals surface area contributed by atoms with Crippen LogP contribution in [0.1, 0.15) is 27.4 Å². The number of anilines is 1. The molecule has 2 heterocycles. The molecule has 0 radical (unpaired) electrons. The summed E-state index contributed by atoms with van der Waals surface area (Å²) in [5.41, 5.74) is 1.14. The number of nitro benzene ring substituents is 1. The Bertz CT molecular complexity index is 1540. The molecule has 0 unspecified atom stereocenters. The Morgan fingerprint density at radius 2 is 1.81 bits per heavy atom. The number of ether oxygens (including phenoxy) is 1. The third-order valence-electron chi connectivity index (χ3n) is 5.40. The fourth-order valence-corrected chi connectivity index (χ4v) is 3.88. The van der Waals surface area contributed by atoms with Gasteiger partial charge in [-0.05, 0) is 50.6 Å². The van der Waals surface area contributed by atoms with Crippen molar-refractivity contribution in [1.29, 1.82) is 0 Å². The quantitative estimate of drug-likeness (QED) is 0.247. The predicted molar refractivity (Wildman–Crippen MR) is 133 cm³/mol. The zero-order valence-corrected chi connectivity index (χ0v) is 20.6. The zero-order valence-electron chi connectivity index (χ0n) is 19.8. The van der Waals surface area contributed by atoms with Gasteiger partial charge >= 0.3 is 5.69 Å². The number of carbonyl (C=O) groups is 1. The van der Waals surface area contributed by atoms with Gasteiger partial charge in [-0.2, -0.15) is 10.2 Å². The number of hydrogen-bond donors (Lipinski definition) is 1. The number of aryl methyl sites for hydroxylation is 2. The van der Waals surface area contributed by atoms with Gasteiger partial charge in [0.05, 0.1) is 21.6 Å². The summed E-state index contributed by atoms with van der Waals surface area (Å²) in [5.74, 6) is -0.0240. The van der Waals surface area contributed by atoms with Crippen molar-refractivity contribution in [2.24, 2.45) is 0 Å². The van der Waals surface area contributed by atoms with Crippen molar-refractivity contribution in [3.63, 3.8) is 0 Å². The Morgan fingerprint density at radius 3 is 2.46 bits per heavy atom. The lowest BCUT2D eigenvalue weighted by Crippen LogP contribution is -2.16. The van der Waals surface area contributed by atoms with Gasteiger partial charge < -0.3 is 10.1 Å². The Balaban J connectivity index is 1.53. The number of non-ortho nitro benzene ring substituents is 1. The van der Waals surface area contributed by atoms with Crippen LogP contribution in [0.3, 0.4) is 0 Å². The van der Waals surface area contributed by atoms with E-state index in [1.165, 1.54) is 46.7 Å². The summed E-state index contributed by atoms with van der Waals surface area (Å²) >= 11 is 5.97. The first-order valence-electron chi connectivity index (χ1n) is 10.8. The molecule has 0 aliphatic rings. The average Bonchev–Trinajstić information content (AvgIpc) is 3.39. The third kappa shape index (κ3) is 5.56. The second-order valence-corrected chi connectivity index (χ2v) is 8.53. The van der Waals surface area contributed by atoms with E-state index in [-0.39, 0.29) is 40.9 Å². The molecule has 37 heavy (non-hydrogen) atoms. The van der Waals surface area contributed by atoms with Gasteiger partial charge in [-0.25, -0.2) is 4.68 Å². The maximum atomic E-state index is 12.8. The van der Waals surface area contributed by atoms with Crippen LogP contribution >= 0.6 is 11.6 Å². The number of benzene rings is 2. The van der Waals surface area contributed by atoms with Crippen LogP contribution in [-0.4, -0.2) is 35.3 Å². The number of hydrogen-bond acceptors (Lipinski definition) is 8. The van der Waals surface area contributed by atoms with E-state index in [0.29, 0.717) is 16.5 Å². The predicted octanol–water partition coefficient (Wildman–Crippen LogP) is 5.03. The smallest absolute Gasteiger partial charge is 0.312 e. The van der Waals surface area contributed by atoms with Crippen molar-refractivity contribution in [3.8, 4) is 11.5 Å². The average molecular weight is 526 g/mol. The SMILES string of the molecule is Cc1cc(Cl)ccc1Oc1cc(NC(=O)c2ccn(Cn3nc(C)c([N+](=O)[O-])c3C)n2)cc([N+](=O)[O-])c1. The first kappa shape index (κ1) is 25.3. The highest BCUT2D eigenvalue weighted by Gasteiger charge is 2.22. The van der Waals surface area contributed by atoms with E-state index >= 15 is 0 Å². The maximum Gasteiger partial charge on any atom is 0.312 e. The monoisotopic (exact) mass is 525 g/mol. The highest BCUT2D eigenvalue weighted by atomic mass is 35.5. The lowest BCUT2D eigenvalue weighted by Gasteiger charge is -2.11. The van der Waals surface area contributed by atoms with Crippen LogP contribution in [-0.2, 0) is 6.67 Å². The molecule has 0 aliphatic heterocycles. The standard InChI is InChI=1S/C23H20ClN7O6/c1-13-8-16(24)4-5-21(13)37-19-10-17(9-18(11-19)30(33)34)25-23(32)20-6-7-28(27-20)12-29-15(3)22(31(35)36)14(2)26-29/h4-11H,12H2,1-3H3,(H,25,32). The van der Waals surface area contributed by atoms with E-state index in [0.717, 1.165) is 5.56 Å². The van der Waals surface area contributed by atoms with Crippen molar-refractivity contribution < 1.29 is 19.4 Å². The molecule has 0 aliphatic carbocycles. The van der Waals surface area contributed by atoms with Crippen LogP contribution in [0.2, 0.25) is 5.02 Å². The highest BCUT2D eigenvalue weighted by molar-refractivity contribution is 6.30. The molecule has 2 aromatic heterocycles. The summed E-state index contributed by atoms with van der Waals surface area (Å²) in [7, 11) is 0. The molecule has 190 valence electrons. The molecule has 13 nitrogen and oxygen atoms in total. The summed E-state index contributed by atoms with van der Waals surface area (Å²) in [5, 5.41) is 34.1. The summed E-state index contributed by atoms with van der Waals surface area (Å²) in [6.07, 6.45) is 1.52. The zero-order chi connectivity index (χ0) is 26.9. The van der Waals surface area contributed by atoms with Crippen molar-refractivity contribution in [1.82, 2.24) is 19.6 Å². The van der Waals surface area contributed by atoms with Gasteiger partial charge in [0.2, 0.25) is 0 Å². The number of nitro groups is 2. The van der Waals surface area contributed by atoms with E-state index in [9.17, 15) is 25.0 Å². The first-order valence-corrected chi connectivity index (χ1v) is 11.2. The Kier molecular flexibility index (Phi) is 6.89. The van der Waals surface area contributed by atoms with Crippen LogP contribution in [0.25, 0.3) is 0 Å². The molecule has 1 N–H and O–H groups in total. The van der Waals surface area contributed by atoms with Crippen molar-refractivity contribution >= 4 is 34.6 Å². The maximum absolute atomic E-state index is 12.8. The molecule has 0 bridgehead atoms. The Labute approximate surface area is 214 Å². The van der Waals surface area contributed by atoms with E-state index < -0.39 is 15.8 Å². The number of amides is 1. The number of nitrogens with zero attached hydrogens (tertiary/aromatic N) is 6. The van der Waals surface area contributed by atoms with Gasteiger partial charge in [-0.1, -0.05) is 11.6 Å². The number of nitrogens with one attached hydrogen (secondary N) is 1. The molecule has 0 fully saturated rings. The van der Waals surface area contributed by atoms with Crippen molar-refractivity contribution in [3.05, 3.63) is 96.6 Å². The number of rotatable bonds is 8. The summed E-state index contributed by atoms with van der Waals surface area (Å²) < 4.78 is 8.60. The lowest BCUT2D eigenvalue weighted by molar-refractivity contribution is -0.386. The molecule has 1 amide bonds. The molecular formula is C23H20ClN7O6. The first-order chi connectivity index (χ1) is 17.5. The molecule has 0 atom stereocenters. The molecule has 2 aromatic carbocycles. The molecule has 0 spiro atoms. The van der Waals surface area contributed by atoms with E-state index in [4.69, 9.17) is 16.3 Å². The molecule has 0 saturated heterocycles. The van der Waals surface area contributed by atoms with Gasteiger partial charge in [0.1, 0.15) is 29.6 Å². The van der Waals surface area contributed by atoms with Crippen LogP contribution in [0, 0.1) is 41.0 Å². The Morgan fingerprint density at radius 1 is 1.05 bits per heavy atom. The van der Waals surface area contributed by atoms with Crippen LogP contribution in [0.15, 0.2) is 48.7 Å². The van der Waals surface area contributed by atoms with Gasteiger partial charge in [-0.15, -0.1) is 0 Å². The minimum absolute atomic E-state index is 0.0264. The van der Waals surface area contributed by atoms with E-state index in [2.05, 4.69) is 15.5 Å². The minimum Gasteiger partial charge on any atom is -0.457 e. The number of aromatic nitrogens is 4. The van der Waals surface area contributed by atoms with Gasteiger partial charge in [0, 0.05) is 23.4 Å². The lowest BCUT2D eigenvalue weighted by atomic mass is 10.2. The molecular weight excluding hydrogens is 506 g/mol. The fraction of sp³-hybridized carbons (Fsp3) is 0.174. The van der Waals surface area contributed by atoms with Crippen molar-refractivity contribution in [2.75, 3.05) is 5.32 Å². The van der Waals surface area contributed by atoms with Crippen molar-refractivity contribution in [2.45, 2.75) is 27.4 Å². The minimum atomic E-state index is -0.618. The summed E-state index contributed by atoms with van der Waals surface area (Å²) in [6, 6.07) is 10.3. The molecule has 14 heteroatoms. The summed E-state index contributed by atoms with van der Waals surface area (Å²) in [4.78, 5) is 34.4. The second kappa shape index (κ2) is 10.1. The van der Waals surface area contributed by atoms with Crippen LogP contribution in [0.5, 0.6) is 11.5 Å². The third-order valence-corrected chi connectivity index (χ3v) is 5.64. The topological polar surface area (TPSA) is 160 Å². The molecule has 0 saturated carbocycles. The highest BCUT2D eigenvalue weighted by Crippen LogP contribution is 2.32. The van der Waals surface area contributed by atoms with Crippen LogP contribution in [0.4, 0.5) is 17.1 Å². The number of halogens is 1. The van der Waals surface area contributed by atoms with Crippen LogP contribution < -0.4 is 10.1 Å². The fourth-order valence-electron chi connectivity index (χ4n) is 3.66. The largest absolute Gasteiger partial charge is 0.457 e. The van der Waals surface area contributed by atoms with Gasteiger partial charge in [0.25, 0.3) is 11.6 Å². The number of carbonyl (C=O) groups excluding carboxylic acids is 1. The van der Waals surface area contributed by atoms with Gasteiger partial charge in [0.15, 0.2) is 5.69 Å². The second-order valence-electron chi connectivity index (χ2n) is 8.10. The van der Waals surface area contributed by atoms with Gasteiger partial charge in [-0.3, -0.25) is 29.7 Å². The molecule has 4 rings (SSSR count). The van der Waals surface area contributed by atoms with E-state index in [1.54, 1.807) is 32.0 Å². The Hall–Kier alpha value is -4.78. The normalized spacial score (nSPS) is 10.8.